The third kappa shape index (κ3) is 4.11. The van der Waals surface area contributed by atoms with Crippen molar-refractivity contribution in [1.29, 1.82) is 0 Å². The van der Waals surface area contributed by atoms with E-state index < -0.39 is 0 Å². The maximum Gasteiger partial charge on any atom is 0.236 e. The molecular weight excluding hydrogens is 268 g/mol. The molecule has 1 N–H and O–H groups in total. The van der Waals surface area contributed by atoms with Crippen LogP contribution < -0.4 is 14.8 Å². The van der Waals surface area contributed by atoms with Crippen molar-refractivity contribution in [3.63, 3.8) is 0 Å². The number of hydrogen-bond acceptors (Lipinski definition) is 4. The smallest absolute Gasteiger partial charge is 0.236 e. The van der Waals surface area contributed by atoms with E-state index in [4.69, 9.17) is 9.47 Å². The van der Waals surface area contributed by atoms with E-state index in [0.717, 1.165) is 43.0 Å². The standard InChI is InChI=1S/C16H24N2O3/c1-3-21-14-8-6-7-13(16(14)20-2)11-17-12-15(19)18-9-4-5-10-18/h6-8,17H,3-5,9-12H2,1-2H3. The molecule has 0 saturated carbocycles. The molecule has 5 nitrogen and oxygen atoms in total. The summed E-state index contributed by atoms with van der Waals surface area (Å²) in [7, 11) is 1.64. The zero-order valence-electron chi connectivity index (χ0n) is 12.9. The molecule has 1 aliphatic rings. The molecule has 1 amide bonds. The Morgan fingerprint density at radius 3 is 2.76 bits per heavy atom. The molecule has 2 rings (SSSR count). The van der Waals surface area contributed by atoms with Crippen molar-refractivity contribution >= 4 is 5.91 Å². The van der Waals surface area contributed by atoms with Crippen LogP contribution in [0.15, 0.2) is 18.2 Å². The molecular formula is C16H24N2O3. The summed E-state index contributed by atoms with van der Waals surface area (Å²) in [5, 5.41) is 3.20. The first-order valence-corrected chi connectivity index (χ1v) is 7.53. The van der Waals surface area contributed by atoms with Gasteiger partial charge in [-0.25, -0.2) is 0 Å². The third-order valence-electron chi connectivity index (χ3n) is 3.61. The summed E-state index contributed by atoms with van der Waals surface area (Å²) in [4.78, 5) is 13.9. The lowest BCUT2D eigenvalue weighted by atomic mass is 10.2. The SMILES string of the molecule is CCOc1cccc(CNCC(=O)N2CCCC2)c1OC. The van der Waals surface area contributed by atoms with Gasteiger partial charge in [-0.2, -0.15) is 0 Å². The molecule has 1 heterocycles. The Balaban J connectivity index is 1.90. The van der Waals surface area contributed by atoms with Gasteiger partial charge in [-0.3, -0.25) is 4.79 Å². The summed E-state index contributed by atoms with van der Waals surface area (Å²) < 4.78 is 11.0. The Hall–Kier alpha value is -1.75. The van der Waals surface area contributed by atoms with E-state index in [2.05, 4.69) is 5.32 Å². The highest BCUT2D eigenvalue weighted by Crippen LogP contribution is 2.30. The molecule has 1 aromatic carbocycles. The van der Waals surface area contributed by atoms with Gasteiger partial charge in [0.1, 0.15) is 0 Å². The summed E-state index contributed by atoms with van der Waals surface area (Å²) >= 11 is 0. The number of nitrogens with one attached hydrogen (secondary N) is 1. The average molecular weight is 292 g/mol. The molecule has 1 aromatic rings. The van der Waals surface area contributed by atoms with Crippen LogP contribution in [0.4, 0.5) is 0 Å². The second-order valence-corrected chi connectivity index (χ2v) is 5.07. The Kier molecular flexibility index (Phi) is 5.87. The molecule has 1 saturated heterocycles. The van der Waals surface area contributed by atoms with E-state index in [9.17, 15) is 4.79 Å². The number of likely N-dealkylation sites (tertiary alicyclic amines) is 1. The predicted molar refractivity (Wildman–Crippen MR) is 81.7 cm³/mol. The lowest BCUT2D eigenvalue weighted by Crippen LogP contribution is -2.36. The molecule has 0 aliphatic carbocycles. The molecule has 1 aliphatic heterocycles. The van der Waals surface area contributed by atoms with Crippen LogP contribution in [-0.2, 0) is 11.3 Å². The lowest BCUT2D eigenvalue weighted by Gasteiger charge is -2.17. The highest BCUT2D eigenvalue weighted by atomic mass is 16.5. The lowest BCUT2D eigenvalue weighted by molar-refractivity contribution is -0.129. The fourth-order valence-electron chi connectivity index (χ4n) is 2.58. The van der Waals surface area contributed by atoms with E-state index in [1.807, 2.05) is 30.0 Å². The van der Waals surface area contributed by atoms with Gasteiger partial charge in [0.05, 0.1) is 20.3 Å². The van der Waals surface area contributed by atoms with Crippen molar-refractivity contribution < 1.29 is 14.3 Å². The van der Waals surface area contributed by atoms with Gasteiger partial charge >= 0.3 is 0 Å². The second-order valence-electron chi connectivity index (χ2n) is 5.07. The van der Waals surface area contributed by atoms with E-state index in [0.29, 0.717) is 19.7 Å². The van der Waals surface area contributed by atoms with Crippen molar-refractivity contribution in [1.82, 2.24) is 10.2 Å². The zero-order valence-corrected chi connectivity index (χ0v) is 12.9. The van der Waals surface area contributed by atoms with Gasteiger partial charge in [-0.1, -0.05) is 12.1 Å². The van der Waals surface area contributed by atoms with Crippen molar-refractivity contribution in [2.45, 2.75) is 26.3 Å². The minimum absolute atomic E-state index is 0.174. The van der Waals surface area contributed by atoms with Gasteiger partial charge in [0, 0.05) is 25.2 Å². The fraction of sp³-hybridized carbons (Fsp3) is 0.562. The normalized spacial score (nSPS) is 14.3. The minimum atomic E-state index is 0.174. The van der Waals surface area contributed by atoms with Crippen molar-refractivity contribution in [3.05, 3.63) is 23.8 Å². The van der Waals surface area contributed by atoms with Crippen LogP contribution >= 0.6 is 0 Å². The molecule has 116 valence electrons. The van der Waals surface area contributed by atoms with Crippen molar-refractivity contribution in [3.8, 4) is 11.5 Å². The summed E-state index contributed by atoms with van der Waals surface area (Å²) in [6.45, 7) is 5.28. The Morgan fingerprint density at radius 2 is 2.10 bits per heavy atom. The van der Waals surface area contributed by atoms with Crippen LogP contribution in [0, 0.1) is 0 Å². The fourth-order valence-corrected chi connectivity index (χ4v) is 2.58. The average Bonchev–Trinajstić information content (AvgIpc) is 3.02. The maximum atomic E-state index is 12.0. The third-order valence-corrected chi connectivity index (χ3v) is 3.61. The van der Waals surface area contributed by atoms with Crippen LogP contribution in [0.1, 0.15) is 25.3 Å². The van der Waals surface area contributed by atoms with Gasteiger partial charge in [0.2, 0.25) is 5.91 Å². The number of hydrogen-bond donors (Lipinski definition) is 1. The van der Waals surface area contributed by atoms with Crippen LogP contribution in [0.5, 0.6) is 11.5 Å². The zero-order chi connectivity index (χ0) is 15.1. The Labute approximate surface area is 126 Å². The summed E-state index contributed by atoms with van der Waals surface area (Å²) in [6.07, 6.45) is 2.24. The molecule has 0 atom stereocenters. The minimum Gasteiger partial charge on any atom is -0.493 e. The van der Waals surface area contributed by atoms with Gasteiger partial charge in [-0.05, 0) is 25.8 Å². The molecule has 0 unspecified atom stereocenters. The monoisotopic (exact) mass is 292 g/mol. The number of methoxy groups -OCH3 is 1. The molecule has 0 spiro atoms. The Morgan fingerprint density at radius 1 is 1.33 bits per heavy atom. The summed E-state index contributed by atoms with van der Waals surface area (Å²) in [6, 6.07) is 5.81. The number of nitrogens with zero attached hydrogens (tertiary/aromatic N) is 1. The van der Waals surface area contributed by atoms with Gasteiger partial charge < -0.3 is 19.7 Å². The van der Waals surface area contributed by atoms with Gasteiger partial charge in [0.15, 0.2) is 11.5 Å². The number of ether oxygens (including phenoxy) is 2. The first-order chi connectivity index (χ1) is 10.3. The number of para-hydroxylation sites is 1. The van der Waals surface area contributed by atoms with E-state index in [1.165, 1.54) is 0 Å². The van der Waals surface area contributed by atoms with Crippen molar-refractivity contribution in [2.75, 3.05) is 33.4 Å². The first kappa shape index (κ1) is 15.6. The molecule has 1 fully saturated rings. The van der Waals surface area contributed by atoms with E-state index in [1.54, 1.807) is 7.11 Å². The first-order valence-electron chi connectivity index (χ1n) is 7.53. The number of carbonyl (C=O) groups is 1. The second kappa shape index (κ2) is 7.88. The molecule has 21 heavy (non-hydrogen) atoms. The summed E-state index contributed by atoms with van der Waals surface area (Å²) in [5.41, 5.74) is 0.998. The largest absolute Gasteiger partial charge is 0.493 e. The topological polar surface area (TPSA) is 50.8 Å². The van der Waals surface area contributed by atoms with E-state index >= 15 is 0 Å². The molecule has 5 heteroatoms. The number of benzene rings is 1. The van der Waals surface area contributed by atoms with Crippen LogP contribution in [0.25, 0.3) is 0 Å². The van der Waals surface area contributed by atoms with Gasteiger partial charge in [0.25, 0.3) is 0 Å². The van der Waals surface area contributed by atoms with Gasteiger partial charge in [-0.15, -0.1) is 0 Å². The maximum absolute atomic E-state index is 12.0. The van der Waals surface area contributed by atoms with Crippen LogP contribution in [0.2, 0.25) is 0 Å². The molecule has 0 bridgehead atoms. The van der Waals surface area contributed by atoms with Crippen LogP contribution in [0.3, 0.4) is 0 Å². The van der Waals surface area contributed by atoms with Crippen molar-refractivity contribution in [2.24, 2.45) is 0 Å². The molecule has 0 radical (unpaired) electrons. The highest BCUT2D eigenvalue weighted by molar-refractivity contribution is 5.78. The molecule has 0 aromatic heterocycles. The number of amides is 1. The predicted octanol–water partition coefficient (Wildman–Crippen LogP) is 1.81. The van der Waals surface area contributed by atoms with E-state index in [-0.39, 0.29) is 5.91 Å². The van der Waals surface area contributed by atoms with Crippen LogP contribution in [-0.4, -0.2) is 44.2 Å². The highest BCUT2D eigenvalue weighted by Gasteiger charge is 2.17. The number of carbonyl (C=O) groups excluding carboxylic acids is 1. The Bertz CT molecular complexity index is 471. The number of rotatable bonds is 7. The quantitative estimate of drug-likeness (QED) is 0.832. The summed E-state index contributed by atoms with van der Waals surface area (Å²) in [5.74, 6) is 1.65.